The Hall–Kier alpha value is -3.77. The molecule has 0 aromatic heterocycles. The molecule has 186 valence electrons. The highest BCUT2D eigenvalue weighted by atomic mass is 35.5. The van der Waals surface area contributed by atoms with E-state index in [0.717, 1.165) is 5.56 Å². The predicted octanol–water partition coefficient (Wildman–Crippen LogP) is 6.32. The zero-order valence-corrected chi connectivity index (χ0v) is 21.4. The van der Waals surface area contributed by atoms with Gasteiger partial charge in [0.15, 0.2) is 0 Å². The van der Waals surface area contributed by atoms with Crippen LogP contribution in [0.4, 0.5) is 5.69 Å². The Balaban J connectivity index is 1.87. The molecule has 0 bridgehead atoms. The van der Waals surface area contributed by atoms with Crippen molar-refractivity contribution in [3.8, 4) is 11.5 Å². The number of Topliss-reactive ketones (excluding diaryl/α,β-unsaturated/α-hetero) is 1. The Morgan fingerprint density at radius 1 is 1.06 bits per heavy atom. The second-order valence-corrected chi connectivity index (χ2v) is 9.54. The number of methoxy groups -OCH3 is 1. The van der Waals surface area contributed by atoms with E-state index in [9.17, 15) is 14.7 Å². The molecular formula is C29H28ClNO5. The van der Waals surface area contributed by atoms with Gasteiger partial charge in [-0.15, -0.1) is 0 Å². The number of aliphatic hydroxyl groups is 1. The third-order valence-electron chi connectivity index (χ3n) is 5.93. The van der Waals surface area contributed by atoms with Crippen molar-refractivity contribution in [3.05, 3.63) is 94.0 Å². The van der Waals surface area contributed by atoms with Gasteiger partial charge in [-0.1, -0.05) is 49.7 Å². The molecule has 7 heteroatoms. The van der Waals surface area contributed by atoms with Crippen molar-refractivity contribution in [1.29, 1.82) is 0 Å². The molecule has 1 heterocycles. The van der Waals surface area contributed by atoms with E-state index in [4.69, 9.17) is 21.1 Å². The molecule has 4 rings (SSSR count). The fourth-order valence-corrected chi connectivity index (χ4v) is 4.36. The number of halogens is 1. The summed E-state index contributed by atoms with van der Waals surface area (Å²) >= 11 is 6.15. The molecule has 0 saturated carbocycles. The molecule has 1 amide bonds. The first-order valence-corrected chi connectivity index (χ1v) is 12.0. The molecule has 0 aliphatic carbocycles. The zero-order valence-electron chi connectivity index (χ0n) is 20.6. The van der Waals surface area contributed by atoms with E-state index in [1.54, 1.807) is 30.3 Å². The minimum Gasteiger partial charge on any atom is -0.507 e. The Morgan fingerprint density at radius 3 is 2.42 bits per heavy atom. The predicted molar refractivity (Wildman–Crippen MR) is 141 cm³/mol. The number of aliphatic hydroxyl groups excluding tert-OH is 1. The summed E-state index contributed by atoms with van der Waals surface area (Å²) in [5, 5.41) is 11.7. The van der Waals surface area contributed by atoms with E-state index in [0.29, 0.717) is 45.9 Å². The summed E-state index contributed by atoms with van der Waals surface area (Å²) in [5.41, 5.74) is 2.47. The molecule has 3 aromatic carbocycles. The minimum absolute atomic E-state index is 0.0123. The van der Waals surface area contributed by atoms with Crippen molar-refractivity contribution in [2.75, 3.05) is 18.6 Å². The van der Waals surface area contributed by atoms with Crippen LogP contribution in [-0.4, -0.2) is 30.5 Å². The molecule has 1 aliphatic heterocycles. The number of carbonyl (C=O) groups excluding carboxylic acids is 2. The number of hydrogen-bond donors (Lipinski definition) is 1. The van der Waals surface area contributed by atoms with Crippen LogP contribution in [0.3, 0.4) is 0 Å². The topological polar surface area (TPSA) is 76.1 Å². The number of amides is 1. The second-order valence-electron chi connectivity index (χ2n) is 9.13. The molecule has 36 heavy (non-hydrogen) atoms. The highest BCUT2D eigenvalue weighted by Gasteiger charge is 2.47. The first kappa shape index (κ1) is 25.3. The lowest BCUT2D eigenvalue weighted by Crippen LogP contribution is -2.29. The van der Waals surface area contributed by atoms with Crippen LogP contribution in [0.2, 0.25) is 5.02 Å². The van der Waals surface area contributed by atoms with Gasteiger partial charge in [-0.05, 0) is 66.4 Å². The van der Waals surface area contributed by atoms with Crippen LogP contribution in [0.1, 0.15) is 36.6 Å². The van der Waals surface area contributed by atoms with E-state index < -0.39 is 17.7 Å². The van der Waals surface area contributed by atoms with Gasteiger partial charge in [-0.25, -0.2) is 0 Å². The molecule has 3 aromatic rings. The highest BCUT2D eigenvalue weighted by molar-refractivity contribution is 6.51. The van der Waals surface area contributed by atoms with Crippen molar-refractivity contribution in [1.82, 2.24) is 0 Å². The molecule has 1 unspecified atom stereocenters. The quantitative estimate of drug-likeness (QED) is 0.231. The van der Waals surface area contributed by atoms with Crippen LogP contribution in [0, 0.1) is 12.8 Å². The largest absolute Gasteiger partial charge is 0.507 e. The molecule has 1 atom stereocenters. The van der Waals surface area contributed by atoms with Gasteiger partial charge in [-0.3, -0.25) is 14.5 Å². The maximum absolute atomic E-state index is 13.3. The third-order valence-corrected chi connectivity index (χ3v) is 6.24. The van der Waals surface area contributed by atoms with Gasteiger partial charge in [0.25, 0.3) is 11.7 Å². The van der Waals surface area contributed by atoms with Gasteiger partial charge < -0.3 is 14.6 Å². The van der Waals surface area contributed by atoms with Crippen molar-refractivity contribution in [2.24, 2.45) is 5.92 Å². The summed E-state index contributed by atoms with van der Waals surface area (Å²) in [5.74, 6) is -0.390. The molecule has 1 N–H and O–H groups in total. The standard InChI is InChI=1S/C29H28ClNO5/c1-17(2)16-36-22-11-8-19(9-12-22)26-25(27(32)20-10-13-23(30)24(15-20)35-4)28(33)29(34)31(26)21-7-5-6-18(3)14-21/h5-15,17,26,32H,16H2,1-4H3/b27-25-. The van der Waals surface area contributed by atoms with Crippen LogP contribution in [0.15, 0.2) is 72.3 Å². The van der Waals surface area contributed by atoms with Gasteiger partial charge >= 0.3 is 0 Å². The molecule has 0 spiro atoms. The van der Waals surface area contributed by atoms with E-state index in [1.807, 2.05) is 37.3 Å². The summed E-state index contributed by atoms with van der Waals surface area (Å²) in [6, 6.07) is 18.4. The number of benzene rings is 3. The lowest BCUT2D eigenvalue weighted by Gasteiger charge is -2.26. The Bertz CT molecular complexity index is 1330. The monoisotopic (exact) mass is 505 g/mol. The maximum atomic E-state index is 13.3. The van der Waals surface area contributed by atoms with Crippen molar-refractivity contribution in [2.45, 2.75) is 26.8 Å². The number of anilines is 1. The number of aryl methyl sites for hydroxylation is 1. The van der Waals surface area contributed by atoms with Crippen LogP contribution >= 0.6 is 11.6 Å². The summed E-state index contributed by atoms with van der Waals surface area (Å²) in [4.78, 5) is 28.1. The molecular weight excluding hydrogens is 478 g/mol. The summed E-state index contributed by atoms with van der Waals surface area (Å²) in [7, 11) is 1.46. The number of ether oxygens (including phenoxy) is 2. The number of nitrogens with zero attached hydrogens (tertiary/aromatic N) is 1. The summed E-state index contributed by atoms with van der Waals surface area (Å²) in [6.07, 6.45) is 0. The number of rotatable bonds is 7. The van der Waals surface area contributed by atoms with E-state index in [1.165, 1.54) is 18.1 Å². The van der Waals surface area contributed by atoms with Gasteiger partial charge in [0, 0.05) is 11.3 Å². The van der Waals surface area contributed by atoms with Crippen LogP contribution < -0.4 is 14.4 Å². The van der Waals surface area contributed by atoms with Gasteiger partial charge in [0.05, 0.1) is 30.4 Å². The van der Waals surface area contributed by atoms with E-state index >= 15 is 0 Å². The Labute approximate surface area is 215 Å². The molecule has 1 fully saturated rings. The SMILES string of the molecule is COc1cc(/C(O)=C2/C(=O)C(=O)N(c3cccc(C)c3)C2c2ccc(OCC(C)C)cc2)ccc1Cl. The smallest absolute Gasteiger partial charge is 0.300 e. The number of hydrogen-bond acceptors (Lipinski definition) is 5. The first-order chi connectivity index (χ1) is 17.2. The minimum atomic E-state index is -0.840. The Morgan fingerprint density at radius 2 is 1.78 bits per heavy atom. The molecule has 0 radical (unpaired) electrons. The van der Waals surface area contributed by atoms with Gasteiger partial charge in [0.2, 0.25) is 0 Å². The number of carbonyl (C=O) groups is 2. The average molecular weight is 506 g/mol. The Kier molecular flexibility index (Phi) is 7.36. The van der Waals surface area contributed by atoms with E-state index in [-0.39, 0.29) is 11.3 Å². The van der Waals surface area contributed by atoms with Crippen molar-refractivity contribution in [3.63, 3.8) is 0 Å². The number of ketones is 1. The summed E-state index contributed by atoms with van der Waals surface area (Å²) in [6.45, 7) is 6.61. The molecule has 6 nitrogen and oxygen atoms in total. The molecule has 1 aliphatic rings. The summed E-state index contributed by atoms with van der Waals surface area (Å²) < 4.78 is 11.1. The third kappa shape index (κ3) is 4.95. The first-order valence-electron chi connectivity index (χ1n) is 11.7. The lowest BCUT2D eigenvalue weighted by molar-refractivity contribution is -0.132. The normalized spacial score (nSPS) is 17.1. The van der Waals surface area contributed by atoms with Crippen LogP contribution in [-0.2, 0) is 9.59 Å². The fourth-order valence-electron chi connectivity index (χ4n) is 4.16. The average Bonchev–Trinajstić information content (AvgIpc) is 3.13. The zero-order chi connectivity index (χ0) is 26.0. The fraction of sp³-hybridized carbons (Fsp3) is 0.241. The van der Waals surface area contributed by atoms with Crippen molar-refractivity contribution >= 4 is 34.7 Å². The maximum Gasteiger partial charge on any atom is 0.300 e. The second kappa shape index (κ2) is 10.5. The highest BCUT2D eigenvalue weighted by Crippen LogP contribution is 2.43. The van der Waals surface area contributed by atoms with Crippen molar-refractivity contribution < 1.29 is 24.2 Å². The molecule has 1 saturated heterocycles. The van der Waals surface area contributed by atoms with Gasteiger partial charge in [-0.2, -0.15) is 0 Å². The van der Waals surface area contributed by atoms with Crippen LogP contribution in [0.25, 0.3) is 5.76 Å². The van der Waals surface area contributed by atoms with Gasteiger partial charge in [0.1, 0.15) is 17.3 Å². The van der Waals surface area contributed by atoms with Crippen LogP contribution in [0.5, 0.6) is 11.5 Å². The lowest BCUT2D eigenvalue weighted by atomic mass is 9.95. The van der Waals surface area contributed by atoms with E-state index in [2.05, 4.69) is 13.8 Å².